The van der Waals surface area contributed by atoms with Crippen molar-refractivity contribution >= 4 is 5.97 Å². The first kappa shape index (κ1) is 15.5. The van der Waals surface area contributed by atoms with Crippen molar-refractivity contribution in [1.82, 2.24) is 0 Å². The Bertz CT molecular complexity index is 434. The maximum atomic E-state index is 11.4. The minimum Gasteiger partial charge on any atom is -0.493 e. The molecule has 0 radical (unpaired) electrons. The van der Waals surface area contributed by atoms with Gasteiger partial charge in [-0.3, -0.25) is 4.79 Å². The number of aliphatic carboxylic acids is 1. The third-order valence-electron chi connectivity index (χ3n) is 3.99. The van der Waals surface area contributed by atoms with Crippen molar-refractivity contribution in [2.75, 3.05) is 6.61 Å². The van der Waals surface area contributed by atoms with Crippen molar-refractivity contribution in [2.45, 2.75) is 47.0 Å². The Hall–Kier alpha value is -1.51. The number of carboxylic acid groups (broad SMARTS) is 1. The van der Waals surface area contributed by atoms with Crippen LogP contribution < -0.4 is 4.74 Å². The van der Waals surface area contributed by atoms with E-state index in [1.165, 1.54) is 0 Å². The van der Waals surface area contributed by atoms with Crippen molar-refractivity contribution in [3.63, 3.8) is 0 Å². The minimum atomic E-state index is -0.720. The van der Waals surface area contributed by atoms with Gasteiger partial charge >= 0.3 is 5.97 Å². The molecule has 3 nitrogen and oxygen atoms in total. The molecular weight excluding hydrogens is 240 g/mol. The highest BCUT2D eigenvalue weighted by Crippen LogP contribution is 2.31. The molecule has 1 rings (SSSR count). The summed E-state index contributed by atoms with van der Waals surface area (Å²) in [6.07, 6.45) is 1.81. The van der Waals surface area contributed by atoms with E-state index in [0.29, 0.717) is 25.9 Å². The lowest BCUT2D eigenvalue weighted by atomic mass is 9.79. The molecule has 3 heteroatoms. The molecule has 1 aromatic rings. The molecule has 0 amide bonds. The minimum absolute atomic E-state index is 0.443. The lowest BCUT2D eigenvalue weighted by Crippen LogP contribution is -2.31. The van der Waals surface area contributed by atoms with E-state index in [-0.39, 0.29) is 0 Å². The average Bonchev–Trinajstić information content (AvgIpc) is 2.38. The molecule has 0 aliphatic heterocycles. The molecule has 0 aliphatic carbocycles. The molecule has 0 atom stereocenters. The number of benzene rings is 1. The van der Waals surface area contributed by atoms with Crippen LogP contribution in [0.4, 0.5) is 0 Å². The Labute approximate surface area is 115 Å². The molecule has 0 aliphatic rings. The van der Waals surface area contributed by atoms with Crippen LogP contribution >= 0.6 is 0 Å². The van der Waals surface area contributed by atoms with Crippen LogP contribution in [-0.4, -0.2) is 17.7 Å². The topological polar surface area (TPSA) is 46.5 Å². The zero-order valence-electron chi connectivity index (χ0n) is 12.3. The molecule has 0 saturated carbocycles. The Balaban J connectivity index is 2.67. The summed E-state index contributed by atoms with van der Waals surface area (Å²) in [6.45, 7) is 8.31. The Morgan fingerprint density at radius 3 is 2.42 bits per heavy atom. The van der Waals surface area contributed by atoms with E-state index >= 15 is 0 Å². The second kappa shape index (κ2) is 6.60. The normalized spacial score (nSPS) is 11.4. The van der Waals surface area contributed by atoms with Gasteiger partial charge in [0.15, 0.2) is 0 Å². The fourth-order valence-corrected chi connectivity index (χ4v) is 2.23. The number of hydrogen-bond acceptors (Lipinski definition) is 2. The van der Waals surface area contributed by atoms with Crippen LogP contribution in [0.5, 0.6) is 5.75 Å². The standard InChI is InChI=1S/C16H24O3/c1-5-16(6-2,15(17)18)9-10-19-14-11-12(3)7-8-13(14)4/h7-8,11H,5-6,9-10H2,1-4H3,(H,17,18). The van der Waals surface area contributed by atoms with Gasteiger partial charge in [-0.05, 0) is 50.3 Å². The van der Waals surface area contributed by atoms with Crippen LogP contribution in [0.15, 0.2) is 18.2 Å². The highest BCUT2D eigenvalue weighted by Gasteiger charge is 2.34. The largest absolute Gasteiger partial charge is 0.493 e. The van der Waals surface area contributed by atoms with Crippen LogP contribution in [-0.2, 0) is 4.79 Å². The second-order valence-corrected chi connectivity index (χ2v) is 5.16. The van der Waals surface area contributed by atoms with Gasteiger partial charge in [0.1, 0.15) is 5.75 Å². The van der Waals surface area contributed by atoms with Crippen LogP contribution in [0.25, 0.3) is 0 Å². The van der Waals surface area contributed by atoms with Crippen molar-refractivity contribution in [1.29, 1.82) is 0 Å². The number of carboxylic acids is 1. The van der Waals surface area contributed by atoms with Gasteiger partial charge in [0.2, 0.25) is 0 Å². The summed E-state index contributed by atoms with van der Waals surface area (Å²) in [5.74, 6) is 0.133. The Kier molecular flexibility index (Phi) is 5.40. The first-order valence-electron chi connectivity index (χ1n) is 6.88. The van der Waals surface area contributed by atoms with Gasteiger partial charge < -0.3 is 9.84 Å². The van der Waals surface area contributed by atoms with E-state index in [9.17, 15) is 9.90 Å². The smallest absolute Gasteiger partial charge is 0.309 e. The Morgan fingerprint density at radius 2 is 1.89 bits per heavy atom. The summed E-state index contributed by atoms with van der Waals surface area (Å²) in [6, 6.07) is 6.06. The van der Waals surface area contributed by atoms with Crippen LogP contribution in [0.2, 0.25) is 0 Å². The molecule has 19 heavy (non-hydrogen) atoms. The molecule has 0 bridgehead atoms. The molecule has 1 aromatic carbocycles. The van der Waals surface area contributed by atoms with Crippen molar-refractivity contribution < 1.29 is 14.6 Å². The highest BCUT2D eigenvalue weighted by atomic mass is 16.5. The zero-order valence-corrected chi connectivity index (χ0v) is 12.3. The van der Waals surface area contributed by atoms with E-state index in [4.69, 9.17) is 4.74 Å². The molecule has 0 aromatic heterocycles. The zero-order chi connectivity index (χ0) is 14.5. The highest BCUT2D eigenvalue weighted by molar-refractivity contribution is 5.74. The summed E-state index contributed by atoms with van der Waals surface area (Å²) in [7, 11) is 0. The quantitative estimate of drug-likeness (QED) is 0.810. The predicted molar refractivity (Wildman–Crippen MR) is 76.7 cm³/mol. The summed E-state index contributed by atoms with van der Waals surface area (Å²) in [4.78, 5) is 11.4. The van der Waals surface area contributed by atoms with Crippen LogP contribution in [0, 0.1) is 19.3 Å². The third-order valence-corrected chi connectivity index (χ3v) is 3.99. The molecule has 0 saturated heterocycles. The molecule has 0 heterocycles. The van der Waals surface area contributed by atoms with Crippen molar-refractivity contribution in [3.8, 4) is 5.75 Å². The molecule has 0 unspecified atom stereocenters. The molecule has 106 valence electrons. The number of rotatable bonds is 7. The van der Waals surface area contributed by atoms with Gasteiger partial charge in [0, 0.05) is 0 Å². The molecule has 0 fully saturated rings. The fourth-order valence-electron chi connectivity index (χ4n) is 2.23. The molecule has 0 spiro atoms. The SMILES string of the molecule is CCC(CC)(CCOc1cc(C)ccc1C)C(=O)O. The van der Waals surface area contributed by atoms with E-state index < -0.39 is 11.4 Å². The Morgan fingerprint density at radius 1 is 1.26 bits per heavy atom. The van der Waals surface area contributed by atoms with Gasteiger partial charge in [-0.15, -0.1) is 0 Å². The maximum Gasteiger partial charge on any atom is 0.309 e. The summed E-state index contributed by atoms with van der Waals surface area (Å²) < 4.78 is 5.76. The van der Waals surface area contributed by atoms with Crippen molar-refractivity contribution in [2.24, 2.45) is 5.41 Å². The lowest BCUT2D eigenvalue weighted by molar-refractivity contribution is -0.150. The number of hydrogen-bond donors (Lipinski definition) is 1. The summed E-state index contributed by atoms with van der Waals surface area (Å²) in [5, 5.41) is 9.36. The number of ether oxygens (including phenoxy) is 1. The molecule has 1 N–H and O–H groups in total. The molecular formula is C16H24O3. The lowest BCUT2D eigenvalue weighted by Gasteiger charge is -2.26. The van der Waals surface area contributed by atoms with Gasteiger partial charge in [0.25, 0.3) is 0 Å². The second-order valence-electron chi connectivity index (χ2n) is 5.16. The van der Waals surface area contributed by atoms with Crippen LogP contribution in [0.1, 0.15) is 44.2 Å². The van der Waals surface area contributed by atoms with Gasteiger partial charge in [0.05, 0.1) is 12.0 Å². The summed E-state index contributed by atoms with van der Waals surface area (Å²) in [5.41, 5.74) is 1.58. The monoisotopic (exact) mass is 264 g/mol. The van der Waals surface area contributed by atoms with Gasteiger partial charge in [-0.2, -0.15) is 0 Å². The van der Waals surface area contributed by atoms with E-state index in [1.54, 1.807) is 0 Å². The van der Waals surface area contributed by atoms with Crippen molar-refractivity contribution in [3.05, 3.63) is 29.3 Å². The predicted octanol–water partition coefficient (Wildman–Crippen LogP) is 3.96. The average molecular weight is 264 g/mol. The van der Waals surface area contributed by atoms with Gasteiger partial charge in [-0.1, -0.05) is 26.0 Å². The van der Waals surface area contributed by atoms with Gasteiger partial charge in [-0.25, -0.2) is 0 Å². The summed E-state index contributed by atoms with van der Waals surface area (Å²) >= 11 is 0. The van der Waals surface area contributed by atoms with E-state index in [0.717, 1.165) is 16.9 Å². The maximum absolute atomic E-state index is 11.4. The first-order chi connectivity index (χ1) is 8.95. The first-order valence-corrected chi connectivity index (χ1v) is 6.88. The fraction of sp³-hybridized carbons (Fsp3) is 0.562. The number of aryl methyl sites for hydroxylation is 2. The number of carbonyl (C=O) groups is 1. The van der Waals surface area contributed by atoms with Crippen LogP contribution in [0.3, 0.4) is 0 Å². The van der Waals surface area contributed by atoms with E-state index in [2.05, 4.69) is 0 Å². The van der Waals surface area contributed by atoms with E-state index in [1.807, 2.05) is 45.9 Å². The third kappa shape index (κ3) is 3.72.